The van der Waals surface area contributed by atoms with Crippen LogP contribution in [-0.4, -0.2) is 53.9 Å². The van der Waals surface area contributed by atoms with Gasteiger partial charge in [0.15, 0.2) is 17.2 Å². The van der Waals surface area contributed by atoms with Crippen LogP contribution in [0.25, 0.3) is 0 Å². The first-order valence-corrected chi connectivity index (χ1v) is 13.0. The largest absolute Gasteiger partial charge is 0.503 e. The van der Waals surface area contributed by atoms with Crippen LogP contribution in [0.15, 0.2) is 66.9 Å². The molecule has 39 heavy (non-hydrogen) atoms. The standard InChI is InChI=1S/C30H33FN2O6/c1-19-23(18-21-8-11-22(31)12-9-21)25(13-10-20-6-4-3-5-7-20)38-17-15-24(30(36)39-19)33-29(35)27-28(34)26(37-2)14-16-32-27/h3-9,11-12,14,16,19,23-25,34H,10,13,15,17-18H2,1-2H3,(H,33,35)/t19-,23-,24-,25+/m0/s1. The third-order valence-electron chi connectivity index (χ3n) is 6.98. The summed E-state index contributed by atoms with van der Waals surface area (Å²) in [5.74, 6) is -2.19. The monoisotopic (exact) mass is 536 g/mol. The number of hydrogen-bond acceptors (Lipinski definition) is 7. The van der Waals surface area contributed by atoms with E-state index in [-0.39, 0.29) is 42.3 Å². The number of halogens is 1. The molecule has 1 saturated heterocycles. The van der Waals surface area contributed by atoms with Crippen LogP contribution >= 0.6 is 0 Å². The molecule has 1 amide bonds. The van der Waals surface area contributed by atoms with Crippen molar-refractivity contribution < 1.29 is 33.3 Å². The lowest BCUT2D eigenvalue weighted by atomic mass is 9.86. The van der Waals surface area contributed by atoms with Crippen molar-refractivity contribution >= 4 is 11.9 Å². The van der Waals surface area contributed by atoms with Gasteiger partial charge in [-0.15, -0.1) is 0 Å². The lowest BCUT2D eigenvalue weighted by Crippen LogP contribution is -2.44. The van der Waals surface area contributed by atoms with Gasteiger partial charge < -0.3 is 24.6 Å². The van der Waals surface area contributed by atoms with Crippen LogP contribution < -0.4 is 10.1 Å². The molecule has 0 radical (unpaired) electrons. The molecule has 0 bridgehead atoms. The second-order valence-electron chi connectivity index (χ2n) is 9.60. The first-order chi connectivity index (χ1) is 18.9. The van der Waals surface area contributed by atoms with E-state index < -0.39 is 29.8 Å². The van der Waals surface area contributed by atoms with Gasteiger partial charge in [0, 0.05) is 31.2 Å². The van der Waals surface area contributed by atoms with Crippen LogP contribution in [0.3, 0.4) is 0 Å². The average Bonchev–Trinajstić information content (AvgIpc) is 2.98. The zero-order valence-electron chi connectivity index (χ0n) is 22.0. The lowest BCUT2D eigenvalue weighted by molar-refractivity contribution is -0.154. The van der Waals surface area contributed by atoms with E-state index in [1.807, 2.05) is 25.1 Å². The van der Waals surface area contributed by atoms with Gasteiger partial charge in [0.2, 0.25) is 0 Å². The van der Waals surface area contributed by atoms with Crippen molar-refractivity contribution in [2.75, 3.05) is 13.7 Å². The first-order valence-electron chi connectivity index (χ1n) is 13.0. The van der Waals surface area contributed by atoms with Crippen LogP contribution in [0.5, 0.6) is 11.5 Å². The van der Waals surface area contributed by atoms with Gasteiger partial charge in [-0.1, -0.05) is 42.5 Å². The summed E-state index contributed by atoms with van der Waals surface area (Å²) in [6.45, 7) is 2.01. The lowest BCUT2D eigenvalue weighted by Gasteiger charge is -2.31. The number of aromatic hydroxyl groups is 1. The molecule has 9 heteroatoms. The molecule has 8 nitrogen and oxygen atoms in total. The Kier molecular flexibility index (Phi) is 9.49. The van der Waals surface area contributed by atoms with Gasteiger partial charge in [-0.2, -0.15) is 0 Å². The molecular weight excluding hydrogens is 503 g/mol. The van der Waals surface area contributed by atoms with E-state index in [9.17, 15) is 19.1 Å². The molecule has 4 rings (SSSR count). The predicted octanol–water partition coefficient (Wildman–Crippen LogP) is 4.25. The third kappa shape index (κ3) is 7.32. The highest BCUT2D eigenvalue weighted by molar-refractivity contribution is 5.97. The van der Waals surface area contributed by atoms with E-state index in [1.54, 1.807) is 12.1 Å². The topological polar surface area (TPSA) is 107 Å². The summed E-state index contributed by atoms with van der Waals surface area (Å²) in [6.07, 6.45) is 2.68. The Labute approximate surface area is 227 Å². The Hall–Kier alpha value is -3.98. The highest BCUT2D eigenvalue weighted by Crippen LogP contribution is 2.29. The van der Waals surface area contributed by atoms with Gasteiger partial charge in [0.05, 0.1) is 13.2 Å². The number of cyclic esters (lactones) is 1. The number of aryl methyl sites for hydroxylation is 1. The van der Waals surface area contributed by atoms with E-state index in [1.165, 1.54) is 37.1 Å². The number of hydrogen-bond donors (Lipinski definition) is 2. The maximum absolute atomic E-state index is 13.5. The summed E-state index contributed by atoms with van der Waals surface area (Å²) >= 11 is 0. The van der Waals surface area contributed by atoms with E-state index >= 15 is 0 Å². The molecule has 1 aliphatic heterocycles. The highest BCUT2D eigenvalue weighted by atomic mass is 19.1. The zero-order chi connectivity index (χ0) is 27.8. The number of benzene rings is 2. The number of nitrogens with zero attached hydrogens (tertiary/aromatic N) is 1. The molecule has 1 aromatic heterocycles. The summed E-state index contributed by atoms with van der Waals surface area (Å²) < 4.78 is 30.8. The molecule has 2 aromatic carbocycles. The number of aromatic nitrogens is 1. The second-order valence-corrected chi connectivity index (χ2v) is 9.60. The molecule has 3 aromatic rings. The summed E-state index contributed by atoms with van der Waals surface area (Å²) in [4.78, 5) is 30.0. The fourth-order valence-electron chi connectivity index (χ4n) is 4.80. The van der Waals surface area contributed by atoms with Crippen molar-refractivity contribution in [3.8, 4) is 11.5 Å². The quantitative estimate of drug-likeness (QED) is 0.415. The second kappa shape index (κ2) is 13.2. The zero-order valence-corrected chi connectivity index (χ0v) is 22.0. The highest BCUT2D eigenvalue weighted by Gasteiger charge is 2.35. The Morgan fingerprint density at radius 1 is 1.13 bits per heavy atom. The molecule has 0 spiro atoms. The number of nitrogens with one attached hydrogen (secondary N) is 1. The predicted molar refractivity (Wildman–Crippen MR) is 142 cm³/mol. The molecular formula is C30H33FN2O6. The Balaban J connectivity index is 1.52. The number of carbonyl (C=O) groups excluding carboxylic acids is 2. The number of esters is 1. The average molecular weight is 537 g/mol. The van der Waals surface area contributed by atoms with E-state index in [0.717, 1.165) is 12.0 Å². The molecule has 1 aliphatic rings. The van der Waals surface area contributed by atoms with Crippen molar-refractivity contribution in [3.05, 3.63) is 89.5 Å². The molecule has 4 atom stereocenters. The maximum atomic E-state index is 13.5. The minimum atomic E-state index is -1.01. The van der Waals surface area contributed by atoms with Crippen LogP contribution in [-0.2, 0) is 27.1 Å². The Morgan fingerprint density at radius 2 is 1.87 bits per heavy atom. The van der Waals surface area contributed by atoms with Gasteiger partial charge in [-0.3, -0.25) is 4.79 Å². The Bertz CT molecular complexity index is 1250. The number of ether oxygens (including phenoxy) is 3. The summed E-state index contributed by atoms with van der Waals surface area (Å²) in [7, 11) is 1.36. The van der Waals surface area contributed by atoms with Crippen molar-refractivity contribution in [2.24, 2.45) is 5.92 Å². The van der Waals surface area contributed by atoms with Gasteiger partial charge in [0.25, 0.3) is 5.91 Å². The molecule has 0 aliphatic carbocycles. The third-order valence-corrected chi connectivity index (χ3v) is 6.98. The molecule has 2 heterocycles. The van der Waals surface area contributed by atoms with E-state index in [2.05, 4.69) is 22.4 Å². The fraction of sp³-hybridized carbons (Fsp3) is 0.367. The number of pyridine rings is 1. The Morgan fingerprint density at radius 3 is 2.59 bits per heavy atom. The van der Waals surface area contributed by atoms with Crippen LogP contribution in [0.4, 0.5) is 4.39 Å². The minimum absolute atomic E-state index is 0.0917. The summed E-state index contributed by atoms with van der Waals surface area (Å²) in [6, 6.07) is 16.7. The first kappa shape index (κ1) is 28.0. The van der Waals surface area contributed by atoms with Crippen LogP contribution in [0, 0.1) is 11.7 Å². The molecule has 1 fully saturated rings. The maximum Gasteiger partial charge on any atom is 0.329 e. The molecule has 2 N–H and O–H groups in total. The van der Waals surface area contributed by atoms with Crippen molar-refractivity contribution in [2.45, 2.75) is 50.9 Å². The number of carbonyl (C=O) groups is 2. The molecule has 0 saturated carbocycles. The minimum Gasteiger partial charge on any atom is -0.503 e. The SMILES string of the molecule is COc1ccnc(C(=O)N[C@H]2CCO[C@H](CCc3ccccc3)[C@@H](Cc3ccc(F)cc3)[C@H](C)OC2=O)c1O. The number of amides is 1. The fourth-order valence-corrected chi connectivity index (χ4v) is 4.80. The van der Waals surface area contributed by atoms with E-state index in [0.29, 0.717) is 12.8 Å². The van der Waals surface area contributed by atoms with Crippen molar-refractivity contribution in [3.63, 3.8) is 0 Å². The van der Waals surface area contributed by atoms with Crippen molar-refractivity contribution in [1.82, 2.24) is 10.3 Å². The normalized spacial score (nSPS) is 21.7. The van der Waals surface area contributed by atoms with Gasteiger partial charge in [-0.05, 0) is 49.4 Å². The van der Waals surface area contributed by atoms with Crippen molar-refractivity contribution in [1.29, 1.82) is 0 Å². The van der Waals surface area contributed by atoms with Crippen LogP contribution in [0.1, 0.15) is 41.4 Å². The summed E-state index contributed by atoms with van der Waals surface area (Å²) in [5.41, 5.74) is 1.81. The molecule has 206 valence electrons. The van der Waals surface area contributed by atoms with Gasteiger partial charge in [0.1, 0.15) is 18.0 Å². The van der Waals surface area contributed by atoms with Crippen LogP contribution in [0.2, 0.25) is 0 Å². The summed E-state index contributed by atoms with van der Waals surface area (Å²) in [5, 5.41) is 12.9. The molecule has 0 unspecified atom stereocenters. The smallest absolute Gasteiger partial charge is 0.329 e. The number of rotatable bonds is 8. The van der Waals surface area contributed by atoms with E-state index in [4.69, 9.17) is 14.2 Å². The van der Waals surface area contributed by atoms with Gasteiger partial charge in [-0.25, -0.2) is 14.2 Å². The number of methoxy groups -OCH3 is 1. The van der Waals surface area contributed by atoms with Gasteiger partial charge >= 0.3 is 5.97 Å².